The number of anilines is 1. The van der Waals surface area contributed by atoms with E-state index < -0.39 is 0 Å². The molecule has 0 radical (unpaired) electrons. The van der Waals surface area contributed by atoms with Gasteiger partial charge in [0.05, 0.1) is 11.5 Å². The van der Waals surface area contributed by atoms with Gasteiger partial charge in [-0.2, -0.15) is 0 Å². The van der Waals surface area contributed by atoms with E-state index in [9.17, 15) is 10.1 Å². The van der Waals surface area contributed by atoms with Crippen LogP contribution in [0.1, 0.15) is 5.56 Å². The highest BCUT2D eigenvalue weighted by atomic mass is 16.6. The minimum Gasteiger partial charge on any atom is -0.319 e. The molecule has 0 aromatic heterocycles. The van der Waals surface area contributed by atoms with Crippen LogP contribution in [-0.4, -0.2) is 23.8 Å². The van der Waals surface area contributed by atoms with Crippen molar-refractivity contribution in [1.82, 2.24) is 0 Å². The van der Waals surface area contributed by atoms with E-state index in [0.717, 1.165) is 11.4 Å². The molecule has 3 rings (SSSR count). The lowest BCUT2D eigenvalue weighted by Crippen LogP contribution is -2.28. The maximum absolute atomic E-state index is 11.2. The van der Waals surface area contributed by atoms with E-state index in [1.54, 1.807) is 12.1 Å². The number of hydrogen-bond donors (Lipinski definition) is 0. The van der Waals surface area contributed by atoms with Crippen molar-refractivity contribution in [3.8, 4) is 0 Å². The zero-order valence-corrected chi connectivity index (χ0v) is 10.8. The summed E-state index contributed by atoms with van der Waals surface area (Å²) in [5.74, 6) is 0.792. The second-order valence-electron chi connectivity index (χ2n) is 4.47. The summed E-state index contributed by atoms with van der Waals surface area (Å²) in [6.45, 7) is 1.31. The Morgan fingerprint density at radius 2 is 1.75 bits per heavy atom. The summed E-state index contributed by atoms with van der Waals surface area (Å²) in [7, 11) is 0. The predicted molar refractivity (Wildman–Crippen MR) is 78.3 cm³/mol. The molecular weight excluding hydrogens is 254 g/mol. The van der Waals surface area contributed by atoms with Crippen LogP contribution < -0.4 is 4.90 Å². The zero-order chi connectivity index (χ0) is 13.9. The number of para-hydroxylation sites is 2. The van der Waals surface area contributed by atoms with Crippen molar-refractivity contribution in [2.45, 2.75) is 0 Å². The fraction of sp³-hybridized carbons (Fsp3) is 0.133. The van der Waals surface area contributed by atoms with Gasteiger partial charge in [-0.3, -0.25) is 15.1 Å². The number of rotatable bonds is 3. The highest BCUT2D eigenvalue weighted by Gasteiger charge is 2.26. The predicted octanol–water partition coefficient (Wildman–Crippen LogP) is 2.86. The van der Waals surface area contributed by atoms with Crippen LogP contribution in [-0.2, 0) is 0 Å². The molecule has 0 atom stereocenters. The molecule has 0 N–H and O–H groups in total. The van der Waals surface area contributed by atoms with Gasteiger partial charge in [0.2, 0.25) is 0 Å². The zero-order valence-electron chi connectivity index (χ0n) is 10.8. The fourth-order valence-electron chi connectivity index (χ4n) is 2.36. The summed E-state index contributed by atoms with van der Waals surface area (Å²) >= 11 is 0. The number of hydrogen-bond acceptors (Lipinski definition) is 4. The van der Waals surface area contributed by atoms with Crippen molar-refractivity contribution in [2.75, 3.05) is 18.0 Å². The molecule has 0 aliphatic carbocycles. The van der Waals surface area contributed by atoms with E-state index in [1.165, 1.54) is 6.07 Å². The molecule has 0 spiro atoms. The molecule has 1 aliphatic rings. The van der Waals surface area contributed by atoms with Crippen LogP contribution in [0.2, 0.25) is 0 Å². The second kappa shape index (κ2) is 5.13. The van der Waals surface area contributed by atoms with Crippen molar-refractivity contribution >= 4 is 17.2 Å². The van der Waals surface area contributed by atoms with E-state index in [1.807, 2.05) is 41.3 Å². The van der Waals surface area contributed by atoms with Crippen LogP contribution in [0.4, 0.5) is 11.4 Å². The van der Waals surface area contributed by atoms with Crippen molar-refractivity contribution in [2.24, 2.45) is 4.99 Å². The molecule has 1 heterocycles. The van der Waals surface area contributed by atoms with E-state index in [2.05, 4.69) is 4.99 Å². The SMILES string of the molecule is O=[N+]([O-])c1ccccc1N1CCN=C1c1ccccc1. The molecular formula is C15H13N3O2. The van der Waals surface area contributed by atoms with E-state index in [-0.39, 0.29) is 10.6 Å². The Balaban J connectivity index is 2.03. The van der Waals surface area contributed by atoms with Crippen molar-refractivity contribution < 1.29 is 4.92 Å². The highest BCUT2D eigenvalue weighted by Crippen LogP contribution is 2.30. The number of amidine groups is 1. The highest BCUT2D eigenvalue weighted by molar-refractivity contribution is 6.12. The number of nitro benzene ring substituents is 1. The van der Waals surface area contributed by atoms with Crippen molar-refractivity contribution in [1.29, 1.82) is 0 Å². The Hall–Kier alpha value is -2.69. The quantitative estimate of drug-likeness (QED) is 0.634. The van der Waals surface area contributed by atoms with Gasteiger partial charge < -0.3 is 4.90 Å². The normalized spacial score (nSPS) is 14.2. The van der Waals surface area contributed by atoms with Crippen LogP contribution in [0.5, 0.6) is 0 Å². The molecule has 5 nitrogen and oxygen atoms in total. The summed E-state index contributed by atoms with van der Waals surface area (Å²) < 4.78 is 0. The average Bonchev–Trinajstić information content (AvgIpc) is 2.97. The number of aliphatic imine (C=N–C) groups is 1. The largest absolute Gasteiger partial charge is 0.319 e. The first-order valence-corrected chi connectivity index (χ1v) is 6.38. The average molecular weight is 267 g/mol. The topological polar surface area (TPSA) is 58.7 Å². The molecule has 0 amide bonds. The molecule has 20 heavy (non-hydrogen) atoms. The fourth-order valence-corrected chi connectivity index (χ4v) is 2.36. The lowest BCUT2D eigenvalue weighted by Gasteiger charge is -2.20. The third kappa shape index (κ3) is 2.14. The Kier molecular flexibility index (Phi) is 3.16. The molecule has 0 bridgehead atoms. The smallest absolute Gasteiger partial charge is 0.292 e. The summed E-state index contributed by atoms with van der Waals surface area (Å²) in [5, 5.41) is 11.2. The molecule has 1 aliphatic heterocycles. The molecule has 0 fully saturated rings. The molecule has 2 aromatic rings. The van der Waals surface area contributed by atoms with Gasteiger partial charge in [0.25, 0.3) is 5.69 Å². The van der Waals surface area contributed by atoms with Gasteiger partial charge in [-0.1, -0.05) is 42.5 Å². The molecule has 2 aromatic carbocycles. The van der Waals surface area contributed by atoms with Gasteiger partial charge >= 0.3 is 0 Å². The maximum atomic E-state index is 11.2. The van der Waals surface area contributed by atoms with Crippen LogP contribution in [0.15, 0.2) is 59.6 Å². The van der Waals surface area contributed by atoms with E-state index >= 15 is 0 Å². The first kappa shape index (κ1) is 12.3. The van der Waals surface area contributed by atoms with Gasteiger partial charge in [0.15, 0.2) is 0 Å². The molecule has 100 valence electrons. The number of nitro groups is 1. The Morgan fingerprint density at radius 1 is 1.05 bits per heavy atom. The van der Waals surface area contributed by atoms with Crippen LogP contribution >= 0.6 is 0 Å². The second-order valence-corrected chi connectivity index (χ2v) is 4.47. The van der Waals surface area contributed by atoms with Gasteiger partial charge in [-0.05, 0) is 6.07 Å². The van der Waals surface area contributed by atoms with Gasteiger partial charge in [0, 0.05) is 18.2 Å². The number of benzene rings is 2. The lowest BCUT2D eigenvalue weighted by atomic mass is 10.1. The standard InChI is InChI=1S/C15H13N3O2/c19-18(20)14-9-5-4-8-13(14)17-11-10-16-15(17)12-6-2-1-3-7-12/h1-9H,10-11H2. The Bertz CT molecular complexity index is 668. The minimum absolute atomic E-state index is 0.109. The summed E-state index contributed by atoms with van der Waals surface area (Å²) in [6, 6.07) is 16.5. The molecule has 5 heteroatoms. The van der Waals surface area contributed by atoms with Crippen molar-refractivity contribution in [3.05, 3.63) is 70.3 Å². The van der Waals surface area contributed by atoms with Crippen molar-refractivity contribution in [3.63, 3.8) is 0 Å². The third-order valence-corrected chi connectivity index (χ3v) is 3.24. The van der Waals surface area contributed by atoms with Gasteiger partial charge in [-0.25, -0.2) is 0 Å². The van der Waals surface area contributed by atoms with Gasteiger partial charge in [0.1, 0.15) is 11.5 Å². The van der Waals surface area contributed by atoms with Crippen LogP contribution in [0.3, 0.4) is 0 Å². The third-order valence-electron chi connectivity index (χ3n) is 3.24. The van der Waals surface area contributed by atoms with Crippen LogP contribution in [0, 0.1) is 10.1 Å². The monoisotopic (exact) mass is 267 g/mol. The Morgan fingerprint density at radius 3 is 2.50 bits per heavy atom. The maximum Gasteiger partial charge on any atom is 0.292 e. The first-order valence-electron chi connectivity index (χ1n) is 6.38. The summed E-state index contributed by atoms with van der Waals surface area (Å²) in [6.07, 6.45) is 0. The van der Waals surface area contributed by atoms with E-state index in [0.29, 0.717) is 18.8 Å². The molecule has 0 unspecified atom stereocenters. The lowest BCUT2D eigenvalue weighted by molar-refractivity contribution is -0.384. The summed E-state index contributed by atoms with van der Waals surface area (Å²) in [4.78, 5) is 17.2. The Labute approximate surface area is 116 Å². The summed E-state index contributed by atoms with van der Waals surface area (Å²) in [5.41, 5.74) is 1.68. The minimum atomic E-state index is -0.351. The first-order chi connectivity index (χ1) is 9.77. The van der Waals surface area contributed by atoms with Gasteiger partial charge in [-0.15, -0.1) is 0 Å². The molecule has 0 saturated heterocycles. The molecule has 0 saturated carbocycles. The van der Waals surface area contributed by atoms with Crippen LogP contribution in [0.25, 0.3) is 0 Å². The number of nitrogens with zero attached hydrogens (tertiary/aromatic N) is 3. The van der Waals surface area contributed by atoms with E-state index in [4.69, 9.17) is 0 Å².